The summed E-state index contributed by atoms with van der Waals surface area (Å²) in [7, 11) is -2.22. The molecule has 3 rings (SSSR count). The van der Waals surface area contributed by atoms with Gasteiger partial charge >= 0.3 is 0 Å². The Bertz CT molecular complexity index is 1080. The number of benzene rings is 2. The maximum Gasteiger partial charge on any atom is 0.264 e. The Morgan fingerprint density at radius 1 is 1.10 bits per heavy atom. The highest BCUT2D eigenvalue weighted by atomic mass is 32.2. The van der Waals surface area contributed by atoms with E-state index in [1.165, 1.54) is 11.4 Å². The van der Waals surface area contributed by atoms with Gasteiger partial charge in [-0.2, -0.15) is 11.8 Å². The van der Waals surface area contributed by atoms with Crippen LogP contribution in [0.3, 0.4) is 0 Å². The van der Waals surface area contributed by atoms with Crippen molar-refractivity contribution in [2.45, 2.75) is 17.6 Å². The molecule has 0 saturated heterocycles. The van der Waals surface area contributed by atoms with Crippen molar-refractivity contribution in [1.29, 1.82) is 0 Å². The van der Waals surface area contributed by atoms with E-state index < -0.39 is 10.0 Å². The summed E-state index contributed by atoms with van der Waals surface area (Å²) in [5.74, 6) is 2.15. The van der Waals surface area contributed by atoms with Crippen LogP contribution in [-0.4, -0.2) is 33.7 Å². The molecule has 8 heteroatoms. The van der Waals surface area contributed by atoms with Crippen molar-refractivity contribution < 1.29 is 17.6 Å². The standard InChI is InChI=1S/C22H24N2O4S2/c1-17-8-10-21(11-9-17)30(26,27)24(2)19-6-3-5-18(15-19)22(25)23-12-14-29-16-20-7-4-13-28-20/h3-11,13,15H,12,14,16H2,1-2H3,(H,23,25). The van der Waals surface area contributed by atoms with Crippen LogP contribution in [0.2, 0.25) is 0 Å². The summed E-state index contributed by atoms with van der Waals surface area (Å²) in [6, 6.07) is 17.0. The third-order valence-corrected chi connectivity index (χ3v) is 7.29. The molecule has 1 amide bonds. The van der Waals surface area contributed by atoms with E-state index in [4.69, 9.17) is 4.42 Å². The SMILES string of the molecule is Cc1ccc(S(=O)(=O)N(C)c2cccc(C(=O)NCCSCc3ccco3)c2)cc1. The van der Waals surface area contributed by atoms with Crippen molar-refractivity contribution >= 4 is 33.4 Å². The molecule has 1 N–H and O–H groups in total. The lowest BCUT2D eigenvalue weighted by atomic mass is 10.2. The molecule has 0 radical (unpaired) electrons. The number of furan rings is 1. The number of amides is 1. The predicted molar refractivity (Wildman–Crippen MR) is 120 cm³/mol. The summed E-state index contributed by atoms with van der Waals surface area (Å²) < 4.78 is 32.2. The molecule has 30 heavy (non-hydrogen) atoms. The van der Waals surface area contributed by atoms with Gasteiger partial charge in [0.15, 0.2) is 0 Å². The van der Waals surface area contributed by atoms with Gasteiger partial charge in [-0.3, -0.25) is 9.10 Å². The van der Waals surface area contributed by atoms with Crippen molar-refractivity contribution in [2.75, 3.05) is 23.7 Å². The van der Waals surface area contributed by atoms with Crippen LogP contribution >= 0.6 is 11.8 Å². The monoisotopic (exact) mass is 444 g/mol. The number of thioether (sulfide) groups is 1. The second-order valence-corrected chi connectivity index (χ2v) is 9.80. The van der Waals surface area contributed by atoms with E-state index >= 15 is 0 Å². The Hall–Kier alpha value is -2.71. The number of nitrogens with one attached hydrogen (secondary N) is 1. The normalized spacial score (nSPS) is 11.3. The zero-order valence-electron chi connectivity index (χ0n) is 16.9. The topological polar surface area (TPSA) is 79.6 Å². The molecule has 1 aromatic heterocycles. The highest BCUT2D eigenvalue weighted by Crippen LogP contribution is 2.23. The van der Waals surface area contributed by atoms with Gasteiger partial charge in [0.2, 0.25) is 0 Å². The van der Waals surface area contributed by atoms with Crippen LogP contribution in [0.15, 0.2) is 76.2 Å². The van der Waals surface area contributed by atoms with Gasteiger partial charge in [-0.25, -0.2) is 8.42 Å². The third-order valence-electron chi connectivity index (χ3n) is 4.51. The van der Waals surface area contributed by atoms with Crippen molar-refractivity contribution in [3.05, 3.63) is 83.8 Å². The smallest absolute Gasteiger partial charge is 0.264 e. The number of hydrogen-bond acceptors (Lipinski definition) is 5. The molecule has 0 fully saturated rings. The van der Waals surface area contributed by atoms with E-state index in [0.29, 0.717) is 17.8 Å². The van der Waals surface area contributed by atoms with E-state index in [9.17, 15) is 13.2 Å². The van der Waals surface area contributed by atoms with Crippen molar-refractivity contribution in [3.63, 3.8) is 0 Å². The molecule has 0 saturated carbocycles. The molecule has 2 aromatic carbocycles. The zero-order chi connectivity index (χ0) is 21.6. The number of carbonyl (C=O) groups excluding carboxylic acids is 1. The van der Waals surface area contributed by atoms with Crippen molar-refractivity contribution in [1.82, 2.24) is 5.32 Å². The van der Waals surface area contributed by atoms with Gasteiger partial charge in [-0.15, -0.1) is 0 Å². The number of nitrogens with zero attached hydrogens (tertiary/aromatic N) is 1. The fourth-order valence-corrected chi connectivity index (χ4v) is 4.70. The van der Waals surface area contributed by atoms with Gasteiger partial charge in [-0.05, 0) is 49.4 Å². The number of rotatable bonds is 9. The van der Waals surface area contributed by atoms with Crippen LogP contribution in [0.4, 0.5) is 5.69 Å². The lowest BCUT2D eigenvalue weighted by molar-refractivity contribution is 0.0956. The van der Waals surface area contributed by atoms with Gasteiger partial charge in [0.1, 0.15) is 5.76 Å². The first-order valence-corrected chi connectivity index (χ1v) is 12.0. The van der Waals surface area contributed by atoms with Gasteiger partial charge < -0.3 is 9.73 Å². The molecule has 0 aliphatic rings. The summed E-state index contributed by atoms with van der Waals surface area (Å²) in [6.07, 6.45) is 1.64. The average molecular weight is 445 g/mol. The van der Waals surface area contributed by atoms with Crippen LogP contribution in [0.1, 0.15) is 21.7 Å². The number of anilines is 1. The summed E-state index contributed by atoms with van der Waals surface area (Å²) in [6.45, 7) is 2.41. The molecule has 0 aliphatic carbocycles. The molecule has 1 heterocycles. The van der Waals surface area contributed by atoms with Crippen LogP contribution in [-0.2, 0) is 15.8 Å². The minimum Gasteiger partial charge on any atom is -0.468 e. The third kappa shape index (κ3) is 5.46. The quantitative estimate of drug-likeness (QED) is 0.503. The number of hydrogen-bond donors (Lipinski definition) is 1. The van der Waals surface area contributed by atoms with Crippen molar-refractivity contribution in [2.24, 2.45) is 0 Å². The lowest BCUT2D eigenvalue weighted by Gasteiger charge is -2.20. The first-order chi connectivity index (χ1) is 14.4. The highest BCUT2D eigenvalue weighted by Gasteiger charge is 2.21. The second kappa shape index (κ2) is 9.86. The Kier molecular flexibility index (Phi) is 7.23. The Labute approximate surface area is 181 Å². The van der Waals surface area contributed by atoms with E-state index in [-0.39, 0.29) is 10.8 Å². The number of sulfonamides is 1. The predicted octanol–water partition coefficient (Wildman–Crippen LogP) is 4.08. The molecule has 6 nitrogen and oxygen atoms in total. The largest absolute Gasteiger partial charge is 0.468 e. The summed E-state index contributed by atoms with van der Waals surface area (Å²) in [4.78, 5) is 12.7. The van der Waals surface area contributed by atoms with Gasteiger partial charge in [0.05, 0.1) is 22.6 Å². The van der Waals surface area contributed by atoms with Gasteiger partial charge in [-0.1, -0.05) is 23.8 Å². The Morgan fingerprint density at radius 2 is 1.87 bits per heavy atom. The first kappa shape index (κ1) is 22.0. The minimum absolute atomic E-state index is 0.207. The van der Waals surface area contributed by atoms with Gasteiger partial charge in [0, 0.05) is 24.9 Å². The summed E-state index contributed by atoms with van der Waals surface area (Å²) >= 11 is 1.66. The Morgan fingerprint density at radius 3 is 2.57 bits per heavy atom. The molecular formula is C22H24N2O4S2. The maximum absolute atomic E-state index is 12.9. The van der Waals surface area contributed by atoms with Crippen molar-refractivity contribution in [3.8, 4) is 0 Å². The lowest BCUT2D eigenvalue weighted by Crippen LogP contribution is -2.28. The maximum atomic E-state index is 12.9. The van der Waals surface area contributed by atoms with Gasteiger partial charge in [0.25, 0.3) is 15.9 Å². The van der Waals surface area contributed by atoms with Crippen LogP contribution in [0.5, 0.6) is 0 Å². The summed E-state index contributed by atoms with van der Waals surface area (Å²) in [5, 5.41) is 2.86. The zero-order valence-corrected chi connectivity index (χ0v) is 18.5. The number of carbonyl (C=O) groups is 1. The molecule has 158 valence electrons. The van der Waals surface area contributed by atoms with Crippen LogP contribution < -0.4 is 9.62 Å². The number of aryl methyl sites for hydroxylation is 1. The van der Waals surface area contributed by atoms with Crippen LogP contribution in [0.25, 0.3) is 0 Å². The van der Waals surface area contributed by atoms with E-state index in [1.807, 2.05) is 19.1 Å². The fraction of sp³-hybridized carbons (Fsp3) is 0.227. The van der Waals surface area contributed by atoms with E-state index in [2.05, 4.69) is 5.32 Å². The molecule has 0 unspecified atom stereocenters. The molecule has 0 spiro atoms. The fourth-order valence-electron chi connectivity index (χ4n) is 2.76. The highest BCUT2D eigenvalue weighted by molar-refractivity contribution is 7.98. The second-order valence-electron chi connectivity index (χ2n) is 6.72. The summed E-state index contributed by atoms with van der Waals surface area (Å²) in [5.41, 5.74) is 1.82. The molecule has 0 aliphatic heterocycles. The van der Waals surface area contributed by atoms with Crippen LogP contribution in [0, 0.1) is 6.92 Å². The first-order valence-electron chi connectivity index (χ1n) is 9.42. The molecule has 0 bridgehead atoms. The molecule has 0 atom stereocenters. The average Bonchev–Trinajstić information content (AvgIpc) is 3.26. The molecular weight excluding hydrogens is 420 g/mol. The minimum atomic E-state index is -3.71. The van der Waals surface area contributed by atoms with E-state index in [0.717, 1.165) is 22.8 Å². The molecule has 3 aromatic rings. The Balaban J connectivity index is 1.60. The van der Waals surface area contributed by atoms with E-state index in [1.54, 1.807) is 66.6 Å².